The number of aliphatic hydroxyl groups excluding tert-OH is 2. The van der Waals surface area contributed by atoms with E-state index in [0.717, 1.165) is 18.3 Å². The Bertz CT molecular complexity index is 345. The molecule has 0 unspecified atom stereocenters. The number of nitrogens with two attached hydrogens (primary N) is 2. The van der Waals surface area contributed by atoms with Crippen LogP contribution in [0.2, 0.25) is 0 Å². The minimum absolute atomic E-state index is 0.188. The van der Waals surface area contributed by atoms with E-state index in [4.69, 9.17) is 9.47 Å². The minimum Gasteiger partial charge on any atom is -0.388 e. The SMILES string of the molecule is CC[NH2+]C1=N[C@@H]2[C@@H](O)[C@H](O)[C@@H](C[NH2+]CCOC)O[C@@H]2S1. The van der Waals surface area contributed by atoms with E-state index >= 15 is 0 Å². The van der Waals surface area contributed by atoms with Crippen molar-refractivity contribution in [3.8, 4) is 0 Å². The lowest BCUT2D eigenvalue weighted by Gasteiger charge is -2.37. The Hall–Kier alpha value is -0.220. The molecule has 8 heteroatoms. The number of hydrogen-bond acceptors (Lipinski definition) is 6. The quantitative estimate of drug-likeness (QED) is 0.385. The standard InChI is InChI=1S/C12H23N3O4S/c1-3-14-12-15-8-10(17)9(16)7(19-11(8)20-12)6-13-4-5-18-2/h7-11,13,16-17H,3-6H2,1-2H3,(H,14,15)/p+2/t7-,8-,9-,10-,11-/m1/s1. The van der Waals surface area contributed by atoms with Gasteiger partial charge >= 0.3 is 0 Å². The molecule has 2 aliphatic heterocycles. The summed E-state index contributed by atoms with van der Waals surface area (Å²) < 4.78 is 10.9. The summed E-state index contributed by atoms with van der Waals surface area (Å²) in [4.78, 5) is 4.43. The Balaban J connectivity index is 1.88. The van der Waals surface area contributed by atoms with Gasteiger partial charge in [-0.05, 0) is 18.7 Å². The number of quaternary nitrogens is 2. The topological polar surface area (TPSA) is 105 Å². The molecule has 2 rings (SSSR count). The van der Waals surface area contributed by atoms with E-state index in [1.807, 2.05) is 17.6 Å². The molecule has 0 saturated carbocycles. The average Bonchev–Trinajstić information content (AvgIpc) is 2.83. The van der Waals surface area contributed by atoms with Crippen molar-refractivity contribution in [3.05, 3.63) is 0 Å². The maximum atomic E-state index is 10.2. The van der Waals surface area contributed by atoms with Crippen molar-refractivity contribution in [1.82, 2.24) is 0 Å². The lowest BCUT2D eigenvalue weighted by atomic mass is 9.98. The number of fused-ring (bicyclic) bond motifs is 1. The summed E-state index contributed by atoms with van der Waals surface area (Å²) >= 11 is 1.53. The minimum atomic E-state index is -0.889. The largest absolute Gasteiger partial charge is 0.388 e. The number of rotatable bonds is 6. The van der Waals surface area contributed by atoms with Gasteiger partial charge in [-0.1, -0.05) is 0 Å². The fraction of sp³-hybridized carbons (Fsp3) is 0.917. The first kappa shape index (κ1) is 16.2. The Kier molecular flexibility index (Phi) is 6.21. The van der Waals surface area contributed by atoms with Crippen LogP contribution in [-0.4, -0.2) is 78.5 Å². The van der Waals surface area contributed by atoms with Gasteiger partial charge in [0.25, 0.3) is 5.17 Å². The van der Waals surface area contributed by atoms with Gasteiger partial charge in [0.2, 0.25) is 0 Å². The summed E-state index contributed by atoms with van der Waals surface area (Å²) in [5.74, 6) is 0. The molecule has 7 nitrogen and oxygen atoms in total. The molecule has 0 spiro atoms. The molecule has 0 aromatic heterocycles. The third-order valence-corrected chi connectivity index (χ3v) is 4.62. The van der Waals surface area contributed by atoms with Crippen LogP contribution in [0.15, 0.2) is 4.99 Å². The Labute approximate surface area is 123 Å². The number of ether oxygens (including phenoxy) is 2. The molecule has 6 N–H and O–H groups in total. The number of thioether (sulfide) groups is 1. The van der Waals surface area contributed by atoms with Crippen LogP contribution in [0, 0.1) is 0 Å². The van der Waals surface area contributed by atoms with Crippen LogP contribution in [0.4, 0.5) is 0 Å². The van der Waals surface area contributed by atoms with Crippen molar-refractivity contribution < 1.29 is 30.3 Å². The summed E-state index contributed by atoms with van der Waals surface area (Å²) in [6, 6.07) is -0.358. The molecular weight excluding hydrogens is 282 g/mol. The van der Waals surface area contributed by atoms with E-state index in [1.165, 1.54) is 11.8 Å². The van der Waals surface area contributed by atoms with Gasteiger partial charge < -0.3 is 25.0 Å². The molecule has 116 valence electrons. The summed E-state index contributed by atoms with van der Waals surface area (Å²) in [5, 5.41) is 25.3. The fourth-order valence-electron chi connectivity index (χ4n) is 2.40. The highest BCUT2D eigenvalue weighted by atomic mass is 32.2. The molecule has 2 heterocycles. The third-order valence-electron chi connectivity index (χ3n) is 3.49. The zero-order valence-corrected chi connectivity index (χ0v) is 12.8. The van der Waals surface area contributed by atoms with Gasteiger partial charge in [0.15, 0.2) is 0 Å². The van der Waals surface area contributed by atoms with Gasteiger partial charge in [-0.2, -0.15) is 0 Å². The first-order valence-corrected chi connectivity index (χ1v) is 7.95. The molecule has 20 heavy (non-hydrogen) atoms. The van der Waals surface area contributed by atoms with E-state index < -0.39 is 12.2 Å². The highest BCUT2D eigenvalue weighted by molar-refractivity contribution is 8.14. The van der Waals surface area contributed by atoms with Crippen LogP contribution >= 0.6 is 11.8 Å². The summed E-state index contributed by atoms with van der Waals surface area (Å²) in [7, 11) is 1.66. The van der Waals surface area contributed by atoms with Gasteiger partial charge in [-0.3, -0.25) is 5.32 Å². The number of amidine groups is 1. The molecular formula is C12H25N3O4S+2. The van der Waals surface area contributed by atoms with Crippen molar-refractivity contribution in [2.45, 2.75) is 36.7 Å². The van der Waals surface area contributed by atoms with Crippen molar-refractivity contribution in [2.75, 3.05) is 33.4 Å². The number of nitrogens with zero attached hydrogens (tertiary/aromatic N) is 1. The predicted octanol–water partition coefficient (Wildman–Crippen LogP) is -3.30. The van der Waals surface area contributed by atoms with Gasteiger partial charge in [0.1, 0.15) is 36.3 Å². The molecule has 0 radical (unpaired) electrons. The monoisotopic (exact) mass is 307 g/mol. The Morgan fingerprint density at radius 1 is 1.40 bits per heavy atom. The van der Waals surface area contributed by atoms with Crippen molar-refractivity contribution in [3.63, 3.8) is 0 Å². The number of aliphatic hydroxyl groups is 2. The molecule has 5 atom stereocenters. The third kappa shape index (κ3) is 3.70. The van der Waals surface area contributed by atoms with E-state index in [1.54, 1.807) is 7.11 Å². The lowest BCUT2D eigenvalue weighted by Crippen LogP contribution is -2.88. The van der Waals surface area contributed by atoms with Crippen LogP contribution < -0.4 is 10.6 Å². The molecule has 0 aromatic carbocycles. The molecule has 1 saturated heterocycles. The van der Waals surface area contributed by atoms with Gasteiger partial charge in [0, 0.05) is 7.11 Å². The average molecular weight is 307 g/mol. The number of aliphatic imine (C=N–C) groups is 1. The number of hydrogen-bond donors (Lipinski definition) is 4. The molecule has 1 fully saturated rings. The second kappa shape index (κ2) is 7.69. The predicted molar refractivity (Wildman–Crippen MR) is 75.5 cm³/mol. The van der Waals surface area contributed by atoms with E-state index in [2.05, 4.69) is 4.99 Å². The highest BCUT2D eigenvalue weighted by Gasteiger charge is 2.49. The van der Waals surface area contributed by atoms with Crippen LogP contribution in [0.3, 0.4) is 0 Å². The van der Waals surface area contributed by atoms with E-state index in [9.17, 15) is 10.2 Å². The fourth-order valence-corrected chi connectivity index (χ4v) is 3.64. The van der Waals surface area contributed by atoms with Gasteiger partial charge in [-0.25, -0.2) is 4.99 Å². The zero-order chi connectivity index (χ0) is 14.5. The van der Waals surface area contributed by atoms with Crippen LogP contribution in [-0.2, 0) is 9.47 Å². The normalized spacial score (nSPS) is 36.8. The summed E-state index contributed by atoms with van der Waals surface area (Å²) in [5.41, 5.74) is -0.188. The maximum Gasteiger partial charge on any atom is 0.258 e. The maximum absolute atomic E-state index is 10.2. The first-order valence-electron chi connectivity index (χ1n) is 7.07. The second-order valence-corrected chi connectivity index (χ2v) is 6.14. The molecule has 0 aliphatic carbocycles. The molecule has 0 bridgehead atoms. The molecule has 0 aromatic rings. The van der Waals surface area contributed by atoms with Crippen LogP contribution in [0.5, 0.6) is 0 Å². The van der Waals surface area contributed by atoms with Crippen molar-refractivity contribution in [2.24, 2.45) is 4.99 Å². The van der Waals surface area contributed by atoms with E-state index in [0.29, 0.717) is 13.2 Å². The van der Waals surface area contributed by atoms with Crippen LogP contribution in [0.25, 0.3) is 0 Å². The van der Waals surface area contributed by atoms with E-state index in [-0.39, 0.29) is 17.6 Å². The van der Waals surface area contributed by atoms with Crippen molar-refractivity contribution in [1.29, 1.82) is 0 Å². The Morgan fingerprint density at radius 3 is 2.90 bits per heavy atom. The zero-order valence-electron chi connectivity index (χ0n) is 11.9. The molecule has 2 aliphatic rings. The van der Waals surface area contributed by atoms with Gasteiger partial charge in [0.05, 0.1) is 19.7 Å². The van der Waals surface area contributed by atoms with Crippen LogP contribution in [0.1, 0.15) is 6.92 Å². The van der Waals surface area contributed by atoms with Crippen molar-refractivity contribution >= 4 is 16.9 Å². The lowest BCUT2D eigenvalue weighted by molar-refractivity contribution is -0.664. The Morgan fingerprint density at radius 2 is 2.20 bits per heavy atom. The molecule has 0 amide bonds. The number of methoxy groups -OCH3 is 1. The summed E-state index contributed by atoms with van der Waals surface area (Å²) in [6.45, 7) is 5.03. The summed E-state index contributed by atoms with van der Waals surface area (Å²) in [6.07, 6.45) is -2.11. The highest BCUT2D eigenvalue weighted by Crippen LogP contribution is 2.34. The van der Waals surface area contributed by atoms with Gasteiger partial charge in [-0.15, -0.1) is 0 Å². The second-order valence-electron chi connectivity index (χ2n) is 5.02. The smallest absolute Gasteiger partial charge is 0.258 e. The first-order chi connectivity index (χ1) is 9.67.